The Morgan fingerprint density at radius 1 is 0.963 bits per heavy atom. The third-order valence-corrected chi connectivity index (χ3v) is 6.60. The summed E-state index contributed by atoms with van der Waals surface area (Å²) in [6, 6.07) is 0. The molecule has 2 rings (SSSR count). The van der Waals surface area contributed by atoms with Crippen LogP contribution in [-0.4, -0.2) is 51.0 Å². The summed E-state index contributed by atoms with van der Waals surface area (Å²) in [4.78, 5) is 4.95. The van der Waals surface area contributed by atoms with Crippen molar-refractivity contribution in [3.63, 3.8) is 0 Å². The summed E-state index contributed by atoms with van der Waals surface area (Å²) in [6.45, 7) is 5.93. The van der Waals surface area contributed by atoms with Gasteiger partial charge in [0.05, 0.1) is 0 Å². The van der Waals surface area contributed by atoms with Crippen molar-refractivity contribution in [2.45, 2.75) is 77.6 Å². The van der Waals surface area contributed by atoms with E-state index in [1.165, 1.54) is 57.8 Å². The third-order valence-electron chi connectivity index (χ3n) is 6.60. The molecule has 0 aromatic rings. The highest BCUT2D eigenvalue weighted by Crippen LogP contribution is 2.41. The second-order valence-electron chi connectivity index (χ2n) is 8.53. The summed E-state index contributed by atoms with van der Waals surface area (Å²) >= 11 is 0. The van der Waals surface area contributed by atoms with Crippen molar-refractivity contribution in [3.8, 4) is 0 Å². The van der Waals surface area contributed by atoms with Gasteiger partial charge in [0.15, 0.2) is 5.96 Å². The molecule has 2 saturated carbocycles. The lowest BCUT2D eigenvalue weighted by Crippen LogP contribution is -2.44. The Kier molecular flexibility index (Phi) is 12.2. The van der Waals surface area contributed by atoms with Crippen LogP contribution in [0.25, 0.3) is 0 Å². The topological polar surface area (TPSA) is 65.9 Å². The number of methoxy groups -OCH3 is 1. The smallest absolute Gasteiger partial charge is 0.191 e. The average Bonchev–Trinajstić information content (AvgIpc) is 3.13. The highest BCUT2D eigenvalue weighted by Gasteiger charge is 2.34. The fourth-order valence-corrected chi connectivity index (χ4v) is 4.84. The zero-order valence-corrected chi connectivity index (χ0v) is 19.9. The van der Waals surface area contributed by atoms with Crippen molar-refractivity contribution in [1.29, 1.82) is 0 Å². The molecule has 5 nitrogen and oxygen atoms in total. The molecule has 0 aliphatic heterocycles. The number of hydrogen-bond donors (Lipinski definition) is 3. The Labute approximate surface area is 183 Å². The number of aliphatic hydroxyl groups is 1. The maximum Gasteiger partial charge on any atom is 0.191 e. The van der Waals surface area contributed by atoms with Gasteiger partial charge in [-0.05, 0) is 56.3 Å². The molecule has 0 heterocycles. The van der Waals surface area contributed by atoms with Crippen LogP contribution >= 0.6 is 24.0 Å². The maximum atomic E-state index is 9.52. The van der Waals surface area contributed by atoms with Crippen LogP contribution in [0.3, 0.4) is 0 Å². The summed E-state index contributed by atoms with van der Waals surface area (Å²) in [5, 5.41) is 16.6. The second kappa shape index (κ2) is 13.2. The number of ether oxygens (including phenoxy) is 1. The van der Waals surface area contributed by atoms with Crippen molar-refractivity contribution < 1.29 is 9.84 Å². The van der Waals surface area contributed by atoms with Crippen molar-refractivity contribution >= 4 is 29.9 Å². The van der Waals surface area contributed by atoms with Gasteiger partial charge in [-0.15, -0.1) is 24.0 Å². The number of aliphatic imine (C=N–C) groups is 1. The standard InChI is InChI=1S/C21H41N3O2.HI/c1-3-22-19(23-17-20(13-15-25)9-5-4-6-10-20)24-18-21(14-16-26-2)11-7-8-12-21;/h25H,3-18H2,1-2H3,(H2,22,23,24);1H. The molecule has 27 heavy (non-hydrogen) atoms. The molecule has 0 amide bonds. The first-order valence-corrected chi connectivity index (χ1v) is 10.8. The maximum absolute atomic E-state index is 9.52. The first-order chi connectivity index (χ1) is 12.7. The minimum absolute atomic E-state index is 0. The molecular weight excluding hydrogens is 453 g/mol. The summed E-state index contributed by atoms with van der Waals surface area (Å²) in [5.74, 6) is 0.944. The number of guanidine groups is 1. The third kappa shape index (κ3) is 8.05. The van der Waals surface area contributed by atoms with Crippen LogP contribution in [0.4, 0.5) is 0 Å². The van der Waals surface area contributed by atoms with Crippen LogP contribution in [0.5, 0.6) is 0 Å². The second-order valence-corrected chi connectivity index (χ2v) is 8.53. The van der Waals surface area contributed by atoms with E-state index >= 15 is 0 Å². The Morgan fingerprint density at radius 2 is 1.59 bits per heavy atom. The molecule has 3 N–H and O–H groups in total. The molecular formula is C21H42IN3O2. The number of nitrogens with one attached hydrogen (secondary N) is 2. The van der Waals surface area contributed by atoms with Gasteiger partial charge in [0.1, 0.15) is 0 Å². The van der Waals surface area contributed by atoms with E-state index in [-0.39, 0.29) is 36.0 Å². The van der Waals surface area contributed by atoms with Gasteiger partial charge >= 0.3 is 0 Å². The number of nitrogens with zero attached hydrogens (tertiary/aromatic N) is 1. The summed E-state index contributed by atoms with van der Waals surface area (Å²) < 4.78 is 5.35. The average molecular weight is 495 g/mol. The van der Waals surface area contributed by atoms with E-state index in [9.17, 15) is 5.11 Å². The molecule has 160 valence electrons. The highest BCUT2D eigenvalue weighted by atomic mass is 127. The molecule has 0 saturated heterocycles. The Bertz CT molecular complexity index is 414. The predicted molar refractivity (Wildman–Crippen MR) is 124 cm³/mol. The molecule has 2 aliphatic rings. The van der Waals surface area contributed by atoms with Gasteiger partial charge in [-0.1, -0.05) is 32.1 Å². The van der Waals surface area contributed by atoms with E-state index in [1.54, 1.807) is 7.11 Å². The number of rotatable bonds is 10. The van der Waals surface area contributed by atoms with Gasteiger partial charge in [0.2, 0.25) is 0 Å². The monoisotopic (exact) mass is 495 g/mol. The molecule has 2 fully saturated rings. The van der Waals surface area contributed by atoms with Gasteiger partial charge in [0, 0.05) is 40.0 Å². The fourth-order valence-electron chi connectivity index (χ4n) is 4.84. The van der Waals surface area contributed by atoms with E-state index in [4.69, 9.17) is 9.73 Å². The molecule has 0 radical (unpaired) electrons. The molecule has 0 unspecified atom stereocenters. The Balaban J connectivity index is 0.00000364. The molecule has 2 aliphatic carbocycles. The van der Waals surface area contributed by atoms with Gasteiger partial charge in [-0.25, -0.2) is 0 Å². The zero-order valence-electron chi connectivity index (χ0n) is 17.5. The van der Waals surface area contributed by atoms with Gasteiger partial charge < -0.3 is 20.5 Å². The van der Waals surface area contributed by atoms with Gasteiger partial charge in [-0.2, -0.15) is 0 Å². The first-order valence-electron chi connectivity index (χ1n) is 10.8. The zero-order chi connectivity index (χ0) is 18.7. The van der Waals surface area contributed by atoms with E-state index in [1.807, 2.05) is 0 Å². The quantitative estimate of drug-likeness (QED) is 0.243. The Hall–Kier alpha value is -0.0800. The van der Waals surface area contributed by atoms with Crippen molar-refractivity contribution in [2.75, 3.05) is 40.0 Å². The summed E-state index contributed by atoms with van der Waals surface area (Å²) in [5.41, 5.74) is 0.566. The van der Waals surface area contributed by atoms with Gasteiger partial charge in [-0.3, -0.25) is 4.99 Å². The highest BCUT2D eigenvalue weighted by molar-refractivity contribution is 14.0. The molecule has 0 atom stereocenters. The molecule has 6 heteroatoms. The summed E-state index contributed by atoms with van der Waals surface area (Å²) in [7, 11) is 1.80. The largest absolute Gasteiger partial charge is 0.396 e. The lowest BCUT2D eigenvalue weighted by Gasteiger charge is -2.36. The van der Waals surface area contributed by atoms with Crippen LogP contribution < -0.4 is 10.6 Å². The minimum atomic E-state index is 0. The van der Waals surface area contributed by atoms with Crippen molar-refractivity contribution in [1.82, 2.24) is 10.6 Å². The lowest BCUT2D eigenvalue weighted by molar-refractivity contribution is 0.136. The summed E-state index contributed by atoms with van der Waals surface area (Å²) in [6.07, 6.45) is 13.5. The minimum Gasteiger partial charge on any atom is -0.396 e. The van der Waals surface area contributed by atoms with Crippen molar-refractivity contribution in [2.24, 2.45) is 15.8 Å². The molecule has 0 spiro atoms. The number of halogens is 1. The molecule has 0 bridgehead atoms. The van der Waals surface area contributed by atoms with Crippen LogP contribution in [-0.2, 0) is 4.74 Å². The SMILES string of the molecule is CCNC(=NCC1(CCO)CCCCC1)NCC1(CCOC)CCCC1.I. The predicted octanol–water partition coefficient (Wildman–Crippen LogP) is 4.09. The normalized spacial score (nSPS) is 21.5. The van der Waals surface area contributed by atoms with Crippen molar-refractivity contribution in [3.05, 3.63) is 0 Å². The number of hydrogen-bond acceptors (Lipinski definition) is 3. The van der Waals surface area contributed by atoms with E-state index in [0.717, 1.165) is 45.0 Å². The number of aliphatic hydroxyl groups excluding tert-OH is 1. The van der Waals surface area contributed by atoms with E-state index < -0.39 is 0 Å². The van der Waals surface area contributed by atoms with E-state index in [0.29, 0.717) is 5.41 Å². The van der Waals surface area contributed by atoms with Crippen LogP contribution in [0, 0.1) is 10.8 Å². The van der Waals surface area contributed by atoms with Gasteiger partial charge in [0.25, 0.3) is 0 Å². The van der Waals surface area contributed by atoms with Crippen LogP contribution in [0.2, 0.25) is 0 Å². The van der Waals surface area contributed by atoms with E-state index in [2.05, 4.69) is 17.6 Å². The Morgan fingerprint density at radius 3 is 2.19 bits per heavy atom. The molecule has 0 aromatic heterocycles. The van der Waals surface area contributed by atoms with Crippen LogP contribution in [0.1, 0.15) is 77.6 Å². The van der Waals surface area contributed by atoms with Crippen LogP contribution in [0.15, 0.2) is 4.99 Å². The lowest BCUT2D eigenvalue weighted by atomic mass is 9.72. The molecule has 0 aromatic carbocycles. The first kappa shape index (κ1) is 25.0. The fraction of sp³-hybridized carbons (Fsp3) is 0.952.